The number of para-hydroxylation sites is 1. The smallest absolute Gasteiger partial charge is 0.275 e. The summed E-state index contributed by atoms with van der Waals surface area (Å²) in [5.74, 6) is -0.0594. The van der Waals surface area contributed by atoms with Gasteiger partial charge in [0, 0.05) is 5.39 Å². The highest BCUT2D eigenvalue weighted by atomic mass is 35.5. The van der Waals surface area contributed by atoms with Crippen molar-refractivity contribution in [3.05, 3.63) is 45.9 Å². The summed E-state index contributed by atoms with van der Waals surface area (Å²) < 4.78 is 1.83. The van der Waals surface area contributed by atoms with Gasteiger partial charge in [0.1, 0.15) is 4.83 Å². The summed E-state index contributed by atoms with van der Waals surface area (Å²) in [5.41, 5.74) is 4.74. The third kappa shape index (κ3) is 3.23. The third-order valence-electron chi connectivity index (χ3n) is 4.73. The largest absolute Gasteiger partial charge is 0.335 e. The minimum Gasteiger partial charge on any atom is -0.335 e. The number of carbonyl (C=O) groups is 1. The topological polar surface area (TPSA) is 54.6 Å². The zero-order valence-electron chi connectivity index (χ0n) is 14.8. The second-order valence-electron chi connectivity index (χ2n) is 6.66. The minimum absolute atomic E-state index is 0.0594. The van der Waals surface area contributed by atoms with Gasteiger partial charge in [-0.15, -0.1) is 11.3 Å². The number of thiophene rings is 1. The molecule has 0 unspecified atom stereocenters. The number of aromatic nitrogens is 2. The Morgan fingerprint density at radius 3 is 2.77 bits per heavy atom. The zero-order valence-corrected chi connectivity index (χ0v) is 16.3. The maximum atomic E-state index is 12.7. The van der Waals surface area contributed by atoms with E-state index in [1.54, 1.807) is 0 Å². The molecule has 4 rings (SSSR count). The standard InChI is InChI=1S/C18H20ClN5OS/c1-12-13-11-16(17(25)21-23-9-7-22(2)8-10-23)26-18(13)24(20-12)15-6-4-3-5-14(15)19/h3-6,11H,7-10H2,1-2H3,(H,21,25)/p+1. The van der Waals surface area contributed by atoms with E-state index in [0.29, 0.717) is 9.90 Å². The minimum atomic E-state index is -0.0594. The first-order chi connectivity index (χ1) is 12.5. The highest BCUT2D eigenvalue weighted by Gasteiger charge is 2.22. The fourth-order valence-corrected chi connectivity index (χ4v) is 4.43. The summed E-state index contributed by atoms with van der Waals surface area (Å²) in [7, 11) is 2.17. The molecule has 3 aromatic rings. The van der Waals surface area contributed by atoms with Crippen LogP contribution in [0.5, 0.6) is 0 Å². The molecule has 0 aliphatic carbocycles. The van der Waals surface area contributed by atoms with Gasteiger partial charge in [-0.1, -0.05) is 23.7 Å². The Hall–Kier alpha value is -1.93. The molecule has 0 radical (unpaired) electrons. The molecule has 0 bridgehead atoms. The van der Waals surface area contributed by atoms with Crippen LogP contribution in [0.3, 0.4) is 0 Å². The zero-order chi connectivity index (χ0) is 18.3. The summed E-state index contributed by atoms with van der Waals surface area (Å²) in [5, 5.41) is 8.23. The summed E-state index contributed by atoms with van der Waals surface area (Å²) in [6, 6.07) is 9.52. The van der Waals surface area contributed by atoms with Gasteiger partial charge in [0.05, 0.1) is 54.5 Å². The van der Waals surface area contributed by atoms with Crippen molar-refractivity contribution in [2.45, 2.75) is 6.92 Å². The summed E-state index contributed by atoms with van der Waals surface area (Å²) in [6.45, 7) is 5.76. The lowest BCUT2D eigenvalue weighted by Gasteiger charge is -2.29. The number of carbonyl (C=O) groups excluding carboxylic acids is 1. The van der Waals surface area contributed by atoms with Crippen molar-refractivity contribution in [1.82, 2.24) is 20.2 Å². The van der Waals surface area contributed by atoms with Crippen molar-refractivity contribution < 1.29 is 9.69 Å². The van der Waals surface area contributed by atoms with Gasteiger partial charge in [0.25, 0.3) is 5.91 Å². The Bertz CT molecular complexity index is 958. The summed E-state index contributed by atoms with van der Waals surface area (Å²) in [4.78, 5) is 15.8. The molecule has 1 aliphatic heterocycles. The highest BCUT2D eigenvalue weighted by Crippen LogP contribution is 2.32. The maximum absolute atomic E-state index is 12.7. The molecule has 1 amide bonds. The molecule has 3 heterocycles. The lowest BCUT2D eigenvalue weighted by Crippen LogP contribution is -3.12. The predicted octanol–water partition coefficient (Wildman–Crippen LogP) is 1.52. The number of benzene rings is 1. The molecule has 6 nitrogen and oxygen atoms in total. The van der Waals surface area contributed by atoms with Crippen LogP contribution in [0, 0.1) is 6.92 Å². The molecule has 1 fully saturated rings. The molecule has 1 aromatic carbocycles. The highest BCUT2D eigenvalue weighted by molar-refractivity contribution is 7.20. The number of piperazine rings is 1. The van der Waals surface area contributed by atoms with Crippen LogP contribution in [0.15, 0.2) is 30.3 Å². The number of quaternary nitrogens is 1. The van der Waals surface area contributed by atoms with E-state index in [1.165, 1.54) is 16.2 Å². The Labute approximate surface area is 160 Å². The number of rotatable bonds is 3. The van der Waals surface area contributed by atoms with Crippen molar-refractivity contribution in [2.24, 2.45) is 0 Å². The first-order valence-corrected chi connectivity index (χ1v) is 9.83. The van der Waals surface area contributed by atoms with E-state index in [0.717, 1.165) is 47.8 Å². The lowest BCUT2D eigenvalue weighted by atomic mass is 10.3. The van der Waals surface area contributed by atoms with E-state index >= 15 is 0 Å². The SMILES string of the molecule is Cc1nn(-c2ccccc2Cl)c2sc(C(=O)NN3CC[NH+](C)CC3)cc12. The first kappa shape index (κ1) is 17.5. The van der Waals surface area contributed by atoms with Crippen LogP contribution in [0.25, 0.3) is 15.9 Å². The fourth-order valence-electron chi connectivity index (χ4n) is 3.14. The number of hydrogen-bond acceptors (Lipinski definition) is 4. The first-order valence-electron chi connectivity index (χ1n) is 8.64. The quantitative estimate of drug-likeness (QED) is 0.713. The second kappa shape index (κ2) is 7.00. The Kier molecular flexibility index (Phi) is 4.71. The van der Waals surface area contributed by atoms with Crippen LogP contribution in [-0.2, 0) is 0 Å². The number of nitrogens with zero attached hydrogens (tertiary/aromatic N) is 3. The van der Waals surface area contributed by atoms with Crippen molar-refractivity contribution in [3.63, 3.8) is 0 Å². The second-order valence-corrected chi connectivity index (χ2v) is 8.10. The van der Waals surface area contributed by atoms with Gasteiger partial charge in [0.15, 0.2) is 0 Å². The van der Waals surface area contributed by atoms with Crippen molar-refractivity contribution in [2.75, 3.05) is 33.2 Å². The van der Waals surface area contributed by atoms with Crippen molar-refractivity contribution in [3.8, 4) is 5.69 Å². The number of hydrogen-bond donors (Lipinski definition) is 2. The van der Waals surface area contributed by atoms with Crippen molar-refractivity contribution in [1.29, 1.82) is 0 Å². The van der Waals surface area contributed by atoms with Crippen LogP contribution < -0.4 is 10.3 Å². The molecular formula is C18H21ClN5OS+. The third-order valence-corrected chi connectivity index (χ3v) is 6.15. The Morgan fingerprint density at radius 2 is 2.04 bits per heavy atom. The molecule has 8 heteroatoms. The van der Waals surface area contributed by atoms with Gasteiger partial charge < -0.3 is 4.90 Å². The average molecular weight is 391 g/mol. The lowest BCUT2D eigenvalue weighted by molar-refractivity contribution is -0.884. The number of hydrazine groups is 1. The maximum Gasteiger partial charge on any atom is 0.275 e. The van der Waals surface area contributed by atoms with Gasteiger partial charge in [-0.3, -0.25) is 10.2 Å². The van der Waals surface area contributed by atoms with E-state index in [1.807, 2.05) is 46.9 Å². The number of aryl methyl sites for hydroxylation is 1. The summed E-state index contributed by atoms with van der Waals surface area (Å²) in [6.07, 6.45) is 0. The molecular weight excluding hydrogens is 370 g/mol. The molecule has 1 saturated heterocycles. The van der Waals surface area contributed by atoms with Crippen LogP contribution in [0.2, 0.25) is 5.02 Å². The van der Waals surface area contributed by atoms with E-state index in [2.05, 4.69) is 17.6 Å². The fraction of sp³-hybridized carbons (Fsp3) is 0.333. The number of nitrogens with one attached hydrogen (secondary N) is 2. The van der Waals surface area contributed by atoms with Gasteiger partial charge in [-0.05, 0) is 25.1 Å². The van der Waals surface area contributed by atoms with Gasteiger partial charge in [-0.25, -0.2) is 9.69 Å². The van der Waals surface area contributed by atoms with Crippen LogP contribution in [-0.4, -0.2) is 53.9 Å². The van der Waals surface area contributed by atoms with Gasteiger partial charge in [-0.2, -0.15) is 5.10 Å². The average Bonchev–Trinajstić information content (AvgIpc) is 3.19. The Balaban J connectivity index is 1.63. The summed E-state index contributed by atoms with van der Waals surface area (Å²) >= 11 is 7.78. The normalized spacial score (nSPS) is 16.3. The van der Waals surface area contributed by atoms with Crippen LogP contribution in [0.4, 0.5) is 0 Å². The molecule has 0 atom stereocenters. The molecule has 26 heavy (non-hydrogen) atoms. The van der Waals surface area contributed by atoms with E-state index in [9.17, 15) is 4.79 Å². The van der Waals surface area contributed by atoms with Crippen LogP contribution in [0.1, 0.15) is 15.4 Å². The number of fused-ring (bicyclic) bond motifs is 1. The Morgan fingerprint density at radius 1 is 1.31 bits per heavy atom. The predicted molar refractivity (Wildman–Crippen MR) is 104 cm³/mol. The molecule has 1 aliphatic rings. The van der Waals surface area contributed by atoms with Gasteiger partial charge >= 0.3 is 0 Å². The number of likely N-dealkylation sites (N-methyl/N-ethyl adjacent to an activating group) is 1. The molecule has 2 aromatic heterocycles. The molecule has 0 saturated carbocycles. The number of amides is 1. The van der Waals surface area contributed by atoms with E-state index in [-0.39, 0.29) is 5.91 Å². The van der Waals surface area contributed by atoms with E-state index in [4.69, 9.17) is 11.6 Å². The molecule has 2 N–H and O–H groups in total. The molecule has 0 spiro atoms. The van der Waals surface area contributed by atoms with Crippen molar-refractivity contribution >= 4 is 39.1 Å². The number of halogens is 1. The van der Waals surface area contributed by atoms with Gasteiger partial charge in [0.2, 0.25) is 0 Å². The monoisotopic (exact) mass is 390 g/mol. The molecule has 136 valence electrons. The van der Waals surface area contributed by atoms with Crippen LogP contribution >= 0.6 is 22.9 Å². The van der Waals surface area contributed by atoms with E-state index < -0.39 is 0 Å².